The summed E-state index contributed by atoms with van der Waals surface area (Å²) in [7, 11) is 0. The number of thiazole rings is 1. The molecule has 26 heavy (non-hydrogen) atoms. The molecule has 1 atom stereocenters. The molecule has 0 aliphatic rings. The summed E-state index contributed by atoms with van der Waals surface area (Å²) < 4.78 is 1.86. The molecule has 2 rings (SSSR count). The number of carboxylic acid groups (broad SMARTS) is 1. The Morgan fingerprint density at radius 1 is 1.19 bits per heavy atom. The molecule has 1 aromatic carbocycles. The first-order valence-electron chi connectivity index (χ1n) is 9.10. The van der Waals surface area contributed by atoms with Crippen molar-refractivity contribution in [3.05, 3.63) is 24.3 Å². The van der Waals surface area contributed by atoms with Gasteiger partial charge in [0.25, 0.3) is 0 Å². The zero-order valence-electron chi connectivity index (χ0n) is 15.1. The standard InChI is InChI=1S/C19H26N2O3S2/c1-2-3-4-5-6-9-12-20-17(22)14(18(23)24)13-25-19-21-15-10-7-8-11-16(15)26-19/h7-8,10-11,14H,2-6,9,12-13H2,1H3,(H,20,22)(H,23,24). The number of carbonyl (C=O) groups excluding carboxylic acids is 1. The Bertz CT molecular complexity index is 685. The Kier molecular flexibility index (Phi) is 8.91. The first-order valence-corrected chi connectivity index (χ1v) is 10.9. The van der Waals surface area contributed by atoms with Gasteiger partial charge in [0, 0.05) is 12.3 Å². The molecule has 0 aliphatic heterocycles. The third kappa shape index (κ3) is 6.61. The molecule has 0 fully saturated rings. The van der Waals surface area contributed by atoms with Gasteiger partial charge in [0.2, 0.25) is 5.91 Å². The third-order valence-corrected chi connectivity index (χ3v) is 6.36. The molecule has 7 heteroatoms. The van der Waals surface area contributed by atoms with E-state index in [4.69, 9.17) is 0 Å². The number of amides is 1. The number of aliphatic carboxylic acids is 1. The van der Waals surface area contributed by atoms with Crippen LogP contribution in [0.3, 0.4) is 0 Å². The van der Waals surface area contributed by atoms with E-state index in [1.165, 1.54) is 48.8 Å². The highest BCUT2D eigenvalue weighted by atomic mass is 32.2. The summed E-state index contributed by atoms with van der Waals surface area (Å²) in [6.07, 6.45) is 6.81. The Morgan fingerprint density at radius 2 is 1.92 bits per heavy atom. The van der Waals surface area contributed by atoms with Crippen molar-refractivity contribution < 1.29 is 14.7 Å². The van der Waals surface area contributed by atoms with E-state index in [2.05, 4.69) is 17.2 Å². The lowest BCUT2D eigenvalue weighted by Gasteiger charge is -2.11. The number of rotatable bonds is 12. The summed E-state index contributed by atoms with van der Waals surface area (Å²) in [6, 6.07) is 7.79. The average Bonchev–Trinajstić information content (AvgIpc) is 3.03. The molecule has 0 saturated carbocycles. The third-order valence-electron chi connectivity index (χ3n) is 4.09. The minimum absolute atomic E-state index is 0.192. The highest BCUT2D eigenvalue weighted by molar-refractivity contribution is 8.01. The van der Waals surface area contributed by atoms with Crippen LogP contribution < -0.4 is 5.32 Å². The minimum atomic E-state index is -1.08. The first kappa shape index (κ1) is 20.7. The van der Waals surface area contributed by atoms with E-state index >= 15 is 0 Å². The Balaban J connectivity index is 1.76. The number of fused-ring (bicyclic) bond motifs is 1. The molecule has 1 unspecified atom stereocenters. The molecule has 1 amide bonds. The fourth-order valence-electron chi connectivity index (χ4n) is 2.57. The summed E-state index contributed by atoms with van der Waals surface area (Å²) in [4.78, 5) is 28.1. The lowest BCUT2D eigenvalue weighted by atomic mass is 10.1. The van der Waals surface area contributed by atoms with Crippen LogP contribution in [-0.4, -0.2) is 34.3 Å². The number of nitrogens with zero attached hydrogens (tertiary/aromatic N) is 1. The van der Waals surface area contributed by atoms with Gasteiger partial charge in [-0.05, 0) is 18.6 Å². The molecule has 0 radical (unpaired) electrons. The fraction of sp³-hybridized carbons (Fsp3) is 0.526. The Labute approximate surface area is 162 Å². The summed E-state index contributed by atoms with van der Waals surface area (Å²) >= 11 is 2.85. The predicted molar refractivity (Wildman–Crippen MR) is 108 cm³/mol. The van der Waals surface area contributed by atoms with Crippen LogP contribution in [0.1, 0.15) is 45.4 Å². The van der Waals surface area contributed by atoms with Crippen LogP contribution in [0.2, 0.25) is 0 Å². The van der Waals surface area contributed by atoms with Gasteiger partial charge in [-0.2, -0.15) is 0 Å². The highest BCUT2D eigenvalue weighted by Gasteiger charge is 2.26. The van der Waals surface area contributed by atoms with Gasteiger partial charge in [0.05, 0.1) is 10.2 Å². The van der Waals surface area contributed by atoms with Crippen LogP contribution >= 0.6 is 23.1 Å². The van der Waals surface area contributed by atoms with Crippen molar-refractivity contribution in [3.63, 3.8) is 0 Å². The van der Waals surface area contributed by atoms with E-state index in [0.717, 1.165) is 27.4 Å². The molecule has 142 valence electrons. The summed E-state index contributed by atoms with van der Waals surface area (Å²) in [5.74, 6) is -2.34. The van der Waals surface area contributed by atoms with E-state index in [9.17, 15) is 14.7 Å². The quantitative estimate of drug-likeness (QED) is 0.313. The largest absolute Gasteiger partial charge is 0.481 e. The number of unbranched alkanes of at least 4 members (excludes halogenated alkanes) is 5. The van der Waals surface area contributed by atoms with E-state index in [1.807, 2.05) is 24.3 Å². The van der Waals surface area contributed by atoms with E-state index in [-0.39, 0.29) is 5.75 Å². The number of aromatic nitrogens is 1. The van der Waals surface area contributed by atoms with E-state index in [1.54, 1.807) is 0 Å². The van der Waals surface area contributed by atoms with Crippen molar-refractivity contribution in [2.24, 2.45) is 5.92 Å². The van der Waals surface area contributed by atoms with Gasteiger partial charge in [-0.1, -0.05) is 62.9 Å². The highest BCUT2D eigenvalue weighted by Crippen LogP contribution is 2.30. The van der Waals surface area contributed by atoms with Gasteiger partial charge in [-0.3, -0.25) is 9.59 Å². The topological polar surface area (TPSA) is 79.3 Å². The number of para-hydroxylation sites is 1. The molecule has 1 heterocycles. The molecule has 0 spiro atoms. The van der Waals surface area contributed by atoms with Gasteiger partial charge in [-0.25, -0.2) is 4.98 Å². The summed E-state index contributed by atoms with van der Waals surface area (Å²) in [6.45, 7) is 2.72. The average molecular weight is 395 g/mol. The number of benzene rings is 1. The summed E-state index contributed by atoms with van der Waals surface area (Å²) in [5, 5.41) is 12.1. The maximum Gasteiger partial charge on any atom is 0.316 e. The molecule has 2 N–H and O–H groups in total. The Hall–Kier alpha value is -1.60. The van der Waals surface area contributed by atoms with Crippen molar-refractivity contribution >= 4 is 45.2 Å². The van der Waals surface area contributed by atoms with Crippen LogP contribution in [0, 0.1) is 5.92 Å². The van der Waals surface area contributed by atoms with Crippen molar-refractivity contribution in [1.82, 2.24) is 10.3 Å². The number of nitrogens with one attached hydrogen (secondary N) is 1. The van der Waals surface area contributed by atoms with Crippen LogP contribution in [0.5, 0.6) is 0 Å². The smallest absolute Gasteiger partial charge is 0.316 e. The second kappa shape index (κ2) is 11.2. The number of thioether (sulfide) groups is 1. The van der Waals surface area contributed by atoms with Crippen LogP contribution in [0.15, 0.2) is 28.6 Å². The van der Waals surface area contributed by atoms with Crippen LogP contribution in [0.25, 0.3) is 10.2 Å². The Morgan fingerprint density at radius 3 is 2.65 bits per heavy atom. The van der Waals surface area contributed by atoms with Gasteiger partial charge in [-0.15, -0.1) is 11.3 Å². The fourth-order valence-corrected chi connectivity index (χ4v) is 4.74. The molecule has 5 nitrogen and oxygen atoms in total. The number of hydrogen-bond donors (Lipinski definition) is 2. The molecule has 1 aromatic heterocycles. The second-order valence-corrected chi connectivity index (χ2v) is 8.51. The predicted octanol–water partition coefficient (Wildman–Crippen LogP) is 4.57. The zero-order valence-corrected chi connectivity index (χ0v) is 16.7. The molecule has 2 aromatic rings. The van der Waals surface area contributed by atoms with Gasteiger partial charge >= 0.3 is 5.97 Å². The van der Waals surface area contributed by atoms with Crippen molar-refractivity contribution in [2.75, 3.05) is 12.3 Å². The number of carbonyl (C=O) groups is 2. The van der Waals surface area contributed by atoms with Gasteiger partial charge in [0.15, 0.2) is 4.34 Å². The van der Waals surface area contributed by atoms with E-state index < -0.39 is 17.8 Å². The molecule has 0 aliphatic carbocycles. The SMILES string of the molecule is CCCCCCCCNC(=O)C(CSc1nc2ccccc2s1)C(=O)O. The number of carboxylic acids is 1. The van der Waals surface area contributed by atoms with Crippen molar-refractivity contribution in [2.45, 2.75) is 49.8 Å². The van der Waals surface area contributed by atoms with Crippen LogP contribution in [0.4, 0.5) is 0 Å². The molecule has 0 bridgehead atoms. The van der Waals surface area contributed by atoms with Crippen LogP contribution in [-0.2, 0) is 9.59 Å². The molecular formula is C19H26N2O3S2. The minimum Gasteiger partial charge on any atom is -0.481 e. The summed E-state index contributed by atoms with van der Waals surface area (Å²) in [5.41, 5.74) is 0.902. The lowest BCUT2D eigenvalue weighted by Crippen LogP contribution is -2.37. The second-order valence-electron chi connectivity index (χ2n) is 6.21. The van der Waals surface area contributed by atoms with Gasteiger partial charge < -0.3 is 10.4 Å². The number of hydrogen-bond acceptors (Lipinski definition) is 5. The van der Waals surface area contributed by atoms with Crippen molar-refractivity contribution in [1.29, 1.82) is 0 Å². The monoisotopic (exact) mass is 394 g/mol. The van der Waals surface area contributed by atoms with Crippen molar-refractivity contribution in [3.8, 4) is 0 Å². The lowest BCUT2D eigenvalue weighted by molar-refractivity contribution is -0.145. The normalized spacial score (nSPS) is 12.2. The van der Waals surface area contributed by atoms with Gasteiger partial charge in [0.1, 0.15) is 5.92 Å². The maximum atomic E-state index is 12.2. The first-order chi connectivity index (χ1) is 12.6. The maximum absolute atomic E-state index is 12.2. The molecular weight excluding hydrogens is 368 g/mol. The van der Waals surface area contributed by atoms with E-state index in [0.29, 0.717) is 6.54 Å². The molecule has 0 saturated heterocycles. The zero-order chi connectivity index (χ0) is 18.8.